The highest BCUT2D eigenvalue weighted by Gasteiger charge is 2.13. The van der Waals surface area contributed by atoms with Crippen molar-refractivity contribution in [2.45, 2.75) is 13.0 Å². The molecule has 0 radical (unpaired) electrons. The third-order valence-corrected chi connectivity index (χ3v) is 4.61. The third-order valence-electron chi connectivity index (χ3n) is 4.61. The number of benzene rings is 1. The van der Waals surface area contributed by atoms with E-state index in [4.69, 9.17) is 9.72 Å². The maximum absolute atomic E-state index is 12.2. The van der Waals surface area contributed by atoms with Crippen LogP contribution in [0.3, 0.4) is 0 Å². The van der Waals surface area contributed by atoms with Crippen LogP contribution in [-0.2, 0) is 6.54 Å². The first-order chi connectivity index (χ1) is 14.7. The number of amides is 2. The Morgan fingerprint density at radius 1 is 1.10 bits per heavy atom. The van der Waals surface area contributed by atoms with Gasteiger partial charge in [0.25, 0.3) is 0 Å². The zero-order valence-electron chi connectivity index (χ0n) is 16.6. The number of hydrogen-bond donors (Lipinski definition) is 2. The van der Waals surface area contributed by atoms with Gasteiger partial charge in [-0.1, -0.05) is 6.07 Å². The molecule has 2 N–H and O–H groups in total. The van der Waals surface area contributed by atoms with Crippen molar-refractivity contribution in [2.24, 2.45) is 0 Å². The molecule has 0 bridgehead atoms. The smallest absolute Gasteiger partial charge is 0.319 e. The van der Waals surface area contributed by atoms with Gasteiger partial charge in [0, 0.05) is 49.0 Å². The molecular formula is C22H22N6O2. The lowest BCUT2D eigenvalue weighted by atomic mass is 10.2. The van der Waals surface area contributed by atoms with Crippen molar-refractivity contribution < 1.29 is 9.53 Å². The SMILES string of the molecule is COc1cccc(NC(=O)NCCCn2c(-c3ccncc3)nc3cccnc32)c1. The monoisotopic (exact) mass is 402 g/mol. The number of imidazole rings is 1. The molecule has 4 rings (SSSR count). The quantitative estimate of drug-likeness (QED) is 0.460. The van der Waals surface area contributed by atoms with Gasteiger partial charge in [-0.25, -0.2) is 14.8 Å². The molecule has 152 valence electrons. The van der Waals surface area contributed by atoms with E-state index in [1.807, 2.05) is 42.5 Å². The fourth-order valence-corrected chi connectivity index (χ4v) is 3.21. The van der Waals surface area contributed by atoms with Crippen molar-refractivity contribution >= 4 is 22.9 Å². The molecule has 0 aliphatic heterocycles. The lowest BCUT2D eigenvalue weighted by Crippen LogP contribution is -2.30. The second-order valence-electron chi connectivity index (χ2n) is 6.64. The van der Waals surface area contributed by atoms with Crippen molar-refractivity contribution in [1.29, 1.82) is 0 Å². The third kappa shape index (κ3) is 4.38. The number of ether oxygens (including phenoxy) is 1. The molecule has 0 saturated heterocycles. The highest BCUT2D eigenvalue weighted by molar-refractivity contribution is 5.89. The average molecular weight is 402 g/mol. The molecule has 0 fully saturated rings. The van der Waals surface area contributed by atoms with Crippen molar-refractivity contribution in [1.82, 2.24) is 24.8 Å². The summed E-state index contributed by atoms with van der Waals surface area (Å²) in [4.78, 5) is 25.5. The van der Waals surface area contributed by atoms with Gasteiger partial charge < -0.3 is 19.9 Å². The molecular weight excluding hydrogens is 380 g/mol. The van der Waals surface area contributed by atoms with E-state index >= 15 is 0 Å². The Hall–Kier alpha value is -3.94. The molecule has 3 aromatic heterocycles. The van der Waals surface area contributed by atoms with E-state index in [0.717, 1.165) is 29.0 Å². The number of methoxy groups -OCH3 is 1. The van der Waals surface area contributed by atoms with Gasteiger partial charge in [0.05, 0.1) is 7.11 Å². The number of fused-ring (bicyclic) bond motifs is 1. The second-order valence-corrected chi connectivity index (χ2v) is 6.64. The summed E-state index contributed by atoms with van der Waals surface area (Å²) in [6.07, 6.45) is 5.98. The van der Waals surface area contributed by atoms with Crippen molar-refractivity contribution in [3.8, 4) is 17.1 Å². The fraction of sp³-hybridized carbons (Fsp3) is 0.182. The summed E-state index contributed by atoms with van der Waals surface area (Å²) >= 11 is 0. The van der Waals surface area contributed by atoms with Crippen LogP contribution in [-0.4, -0.2) is 39.2 Å². The number of carbonyl (C=O) groups is 1. The molecule has 30 heavy (non-hydrogen) atoms. The second kappa shape index (κ2) is 9.04. The standard InChI is InChI=1S/C22H22N6O2/c1-30-18-6-2-5-17(15-18)26-22(29)25-11-4-14-28-20(16-8-12-23-13-9-16)27-19-7-3-10-24-21(19)28/h2-3,5-10,12-13,15H,4,11,14H2,1H3,(H2,25,26,29). The van der Waals surface area contributed by atoms with E-state index in [2.05, 4.69) is 25.2 Å². The molecule has 0 saturated carbocycles. The lowest BCUT2D eigenvalue weighted by molar-refractivity contribution is 0.252. The van der Waals surface area contributed by atoms with Gasteiger partial charge in [0.2, 0.25) is 0 Å². The molecule has 2 amide bonds. The molecule has 4 aromatic rings. The highest BCUT2D eigenvalue weighted by atomic mass is 16.5. The van der Waals surface area contributed by atoms with E-state index < -0.39 is 0 Å². The number of carbonyl (C=O) groups excluding carboxylic acids is 1. The molecule has 1 aromatic carbocycles. The number of aryl methyl sites for hydroxylation is 1. The Kier molecular flexibility index (Phi) is 5.84. The molecule has 0 atom stereocenters. The van der Waals surface area contributed by atoms with Gasteiger partial charge in [0.15, 0.2) is 5.65 Å². The predicted molar refractivity (Wildman–Crippen MR) is 115 cm³/mol. The van der Waals surface area contributed by atoms with E-state index in [1.54, 1.807) is 31.8 Å². The number of anilines is 1. The van der Waals surface area contributed by atoms with E-state index in [-0.39, 0.29) is 6.03 Å². The number of nitrogens with zero attached hydrogens (tertiary/aromatic N) is 4. The van der Waals surface area contributed by atoms with E-state index in [0.29, 0.717) is 24.5 Å². The van der Waals surface area contributed by atoms with Crippen LogP contribution in [0.25, 0.3) is 22.6 Å². The Morgan fingerprint density at radius 2 is 1.97 bits per heavy atom. The van der Waals surface area contributed by atoms with Crippen molar-refractivity contribution in [3.05, 3.63) is 67.1 Å². The number of rotatable bonds is 7. The molecule has 0 aliphatic rings. The number of hydrogen-bond acceptors (Lipinski definition) is 5. The van der Waals surface area contributed by atoms with Gasteiger partial charge >= 0.3 is 6.03 Å². The van der Waals surface area contributed by atoms with Crippen LogP contribution in [0.2, 0.25) is 0 Å². The van der Waals surface area contributed by atoms with Crippen LogP contribution in [0.4, 0.5) is 10.5 Å². The van der Waals surface area contributed by atoms with E-state index in [9.17, 15) is 4.79 Å². The van der Waals surface area contributed by atoms with Gasteiger partial charge in [-0.15, -0.1) is 0 Å². The number of pyridine rings is 2. The maximum atomic E-state index is 12.2. The highest BCUT2D eigenvalue weighted by Crippen LogP contribution is 2.23. The maximum Gasteiger partial charge on any atom is 0.319 e. The molecule has 0 aliphatic carbocycles. The first-order valence-corrected chi connectivity index (χ1v) is 9.65. The summed E-state index contributed by atoms with van der Waals surface area (Å²) in [5.41, 5.74) is 3.32. The number of urea groups is 1. The Balaban J connectivity index is 1.40. The zero-order valence-corrected chi connectivity index (χ0v) is 16.6. The van der Waals surface area contributed by atoms with Crippen molar-refractivity contribution in [3.63, 3.8) is 0 Å². The van der Waals surface area contributed by atoms with Crippen LogP contribution >= 0.6 is 0 Å². The summed E-state index contributed by atoms with van der Waals surface area (Å²) in [6.45, 7) is 1.18. The molecule has 0 unspecified atom stereocenters. The fourth-order valence-electron chi connectivity index (χ4n) is 3.21. The molecule has 0 spiro atoms. The Morgan fingerprint density at radius 3 is 2.80 bits per heavy atom. The van der Waals surface area contributed by atoms with Crippen LogP contribution in [0.5, 0.6) is 5.75 Å². The topological polar surface area (TPSA) is 94.0 Å². The van der Waals surface area contributed by atoms with Gasteiger partial charge in [0.1, 0.15) is 17.1 Å². The van der Waals surface area contributed by atoms with Gasteiger partial charge in [-0.05, 0) is 42.8 Å². The summed E-state index contributed by atoms with van der Waals surface area (Å²) in [5.74, 6) is 1.53. The first kappa shape index (κ1) is 19.4. The number of nitrogens with one attached hydrogen (secondary N) is 2. The summed E-state index contributed by atoms with van der Waals surface area (Å²) < 4.78 is 7.24. The van der Waals surface area contributed by atoms with Crippen molar-refractivity contribution in [2.75, 3.05) is 19.0 Å². The summed E-state index contributed by atoms with van der Waals surface area (Å²) in [7, 11) is 1.59. The van der Waals surface area contributed by atoms with Gasteiger partial charge in [-0.3, -0.25) is 4.98 Å². The zero-order chi connectivity index (χ0) is 20.8. The molecule has 8 heteroatoms. The minimum absolute atomic E-state index is 0.258. The van der Waals surface area contributed by atoms with E-state index in [1.165, 1.54) is 0 Å². The molecule has 8 nitrogen and oxygen atoms in total. The normalized spacial score (nSPS) is 10.7. The van der Waals surface area contributed by atoms with Crippen LogP contribution < -0.4 is 15.4 Å². The number of aromatic nitrogens is 4. The van der Waals surface area contributed by atoms with Crippen LogP contribution in [0.1, 0.15) is 6.42 Å². The average Bonchev–Trinajstić information content (AvgIpc) is 3.16. The minimum Gasteiger partial charge on any atom is -0.497 e. The first-order valence-electron chi connectivity index (χ1n) is 9.65. The Bertz CT molecular complexity index is 1140. The summed E-state index contributed by atoms with van der Waals surface area (Å²) in [5, 5.41) is 5.69. The Labute approximate surface area is 174 Å². The summed E-state index contributed by atoms with van der Waals surface area (Å²) in [6, 6.07) is 14.7. The van der Waals surface area contributed by atoms with Gasteiger partial charge in [-0.2, -0.15) is 0 Å². The minimum atomic E-state index is -0.258. The predicted octanol–water partition coefficient (Wildman–Crippen LogP) is 3.71. The largest absolute Gasteiger partial charge is 0.497 e. The van der Waals surface area contributed by atoms with Crippen LogP contribution in [0.15, 0.2) is 67.1 Å². The molecule has 3 heterocycles. The lowest BCUT2D eigenvalue weighted by Gasteiger charge is -2.11. The van der Waals surface area contributed by atoms with Crippen LogP contribution in [0, 0.1) is 0 Å².